The molecule has 1 heterocycles. The standard InChI is InChI=1S/C18H21NO5S/c1-5-12-10-13(18(21)24-6-2)17(25-12)19-16(20)11-7-8-14(22-3)15(9-11)23-4/h7-10H,5-6H2,1-4H3,(H,19,20). The third-order valence-electron chi connectivity index (χ3n) is 3.50. The molecule has 0 radical (unpaired) electrons. The van der Waals surface area contributed by atoms with Gasteiger partial charge in [-0.3, -0.25) is 4.79 Å². The zero-order valence-corrected chi connectivity index (χ0v) is 15.5. The molecule has 0 atom stereocenters. The second-order valence-electron chi connectivity index (χ2n) is 5.05. The molecule has 6 nitrogen and oxygen atoms in total. The highest BCUT2D eigenvalue weighted by atomic mass is 32.1. The van der Waals surface area contributed by atoms with Gasteiger partial charge in [0.25, 0.3) is 5.91 Å². The highest BCUT2D eigenvalue weighted by molar-refractivity contribution is 7.16. The van der Waals surface area contributed by atoms with Gasteiger partial charge in [-0.05, 0) is 37.6 Å². The average Bonchev–Trinajstić information content (AvgIpc) is 3.04. The zero-order chi connectivity index (χ0) is 18.4. The van der Waals surface area contributed by atoms with Crippen molar-refractivity contribution in [3.63, 3.8) is 0 Å². The number of nitrogens with one attached hydrogen (secondary N) is 1. The van der Waals surface area contributed by atoms with Crippen molar-refractivity contribution < 1.29 is 23.8 Å². The van der Waals surface area contributed by atoms with Crippen LogP contribution in [0.4, 0.5) is 5.00 Å². The molecule has 0 fully saturated rings. The van der Waals surface area contributed by atoms with Crippen LogP contribution in [0.3, 0.4) is 0 Å². The number of hydrogen-bond acceptors (Lipinski definition) is 6. The van der Waals surface area contributed by atoms with Crippen molar-refractivity contribution in [2.75, 3.05) is 26.1 Å². The lowest BCUT2D eigenvalue weighted by Gasteiger charge is -2.10. The van der Waals surface area contributed by atoms with Crippen LogP contribution in [0.5, 0.6) is 11.5 Å². The Balaban J connectivity index is 2.28. The summed E-state index contributed by atoms with van der Waals surface area (Å²) in [6.07, 6.45) is 0.767. The van der Waals surface area contributed by atoms with E-state index in [9.17, 15) is 9.59 Å². The van der Waals surface area contributed by atoms with Gasteiger partial charge in [0.15, 0.2) is 11.5 Å². The number of ether oxygens (including phenoxy) is 3. The lowest BCUT2D eigenvalue weighted by molar-refractivity contribution is 0.0528. The maximum Gasteiger partial charge on any atom is 0.341 e. The summed E-state index contributed by atoms with van der Waals surface area (Å²) in [5.74, 6) is 0.217. The quantitative estimate of drug-likeness (QED) is 0.758. The smallest absolute Gasteiger partial charge is 0.341 e. The molecule has 0 aliphatic rings. The Bertz CT molecular complexity index is 769. The molecule has 0 unspecified atom stereocenters. The predicted molar refractivity (Wildman–Crippen MR) is 97.2 cm³/mol. The minimum absolute atomic E-state index is 0.277. The van der Waals surface area contributed by atoms with E-state index in [4.69, 9.17) is 14.2 Å². The Labute approximate surface area is 150 Å². The Morgan fingerprint density at radius 2 is 1.80 bits per heavy atom. The van der Waals surface area contributed by atoms with E-state index in [0.717, 1.165) is 11.3 Å². The summed E-state index contributed by atoms with van der Waals surface area (Å²) in [5.41, 5.74) is 0.774. The monoisotopic (exact) mass is 363 g/mol. The molecule has 0 saturated heterocycles. The van der Waals surface area contributed by atoms with Gasteiger partial charge < -0.3 is 19.5 Å². The van der Waals surface area contributed by atoms with Gasteiger partial charge in [-0.15, -0.1) is 11.3 Å². The fourth-order valence-corrected chi connectivity index (χ4v) is 3.20. The number of hydrogen-bond donors (Lipinski definition) is 1. The number of amides is 1. The third-order valence-corrected chi connectivity index (χ3v) is 4.69. The van der Waals surface area contributed by atoms with Gasteiger partial charge in [-0.2, -0.15) is 0 Å². The van der Waals surface area contributed by atoms with Crippen LogP contribution >= 0.6 is 11.3 Å². The van der Waals surface area contributed by atoms with Gasteiger partial charge in [-0.25, -0.2) is 4.79 Å². The van der Waals surface area contributed by atoms with Crippen LogP contribution in [0.1, 0.15) is 39.4 Å². The number of rotatable bonds is 7. The van der Waals surface area contributed by atoms with Gasteiger partial charge >= 0.3 is 5.97 Å². The van der Waals surface area contributed by atoms with Crippen molar-refractivity contribution in [1.29, 1.82) is 0 Å². The summed E-state index contributed by atoms with van der Waals surface area (Å²) in [6.45, 7) is 4.01. The van der Waals surface area contributed by atoms with E-state index in [2.05, 4.69) is 5.32 Å². The second kappa shape index (κ2) is 8.53. The Hall–Kier alpha value is -2.54. The van der Waals surface area contributed by atoms with Crippen molar-refractivity contribution in [3.05, 3.63) is 40.3 Å². The predicted octanol–water partition coefficient (Wildman–Crippen LogP) is 3.76. The molecule has 0 aliphatic heterocycles. The van der Waals surface area contributed by atoms with Crippen LogP contribution in [0, 0.1) is 0 Å². The van der Waals surface area contributed by atoms with Crippen LogP contribution in [-0.4, -0.2) is 32.7 Å². The molecule has 1 aromatic carbocycles. The van der Waals surface area contributed by atoms with Gasteiger partial charge in [0.2, 0.25) is 0 Å². The summed E-state index contributed by atoms with van der Waals surface area (Å²) in [6, 6.07) is 6.64. The summed E-state index contributed by atoms with van der Waals surface area (Å²) in [4.78, 5) is 25.6. The lowest BCUT2D eigenvalue weighted by atomic mass is 10.2. The molecule has 1 N–H and O–H groups in total. The molecule has 1 aromatic heterocycles. The number of aryl methyl sites for hydroxylation is 1. The van der Waals surface area contributed by atoms with E-state index in [-0.39, 0.29) is 12.5 Å². The van der Waals surface area contributed by atoms with Crippen LogP contribution in [0.15, 0.2) is 24.3 Å². The zero-order valence-electron chi connectivity index (χ0n) is 14.7. The normalized spacial score (nSPS) is 10.2. The van der Waals surface area contributed by atoms with Gasteiger partial charge in [0, 0.05) is 10.4 Å². The average molecular weight is 363 g/mol. The van der Waals surface area contributed by atoms with Crippen molar-refractivity contribution in [3.8, 4) is 11.5 Å². The summed E-state index contributed by atoms with van der Waals surface area (Å²) >= 11 is 1.37. The maximum atomic E-state index is 12.6. The first-order valence-electron chi connectivity index (χ1n) is 7.87. The van der Waals surface area contributed by atoms with Crippen molar-refractivity contribution >= 4 is 28.2 Å². The highest BCUT2D eigenvalue weighted by Gasteiger charge is 2.20. The molecule has 0 saturated carbocycles. The van der Waals surface area contributed by atoms with Gasteiger partial charge in [0.05, 0.1) is 26.4 Å². The molecule has 2 rings (SSSR count). The number of methoxy groups -OCH3 is 2. The Morgan fingerprint density at radius 1 is 1.08 bits per heavy atom. The molecule has 0 aliphatic carbocycles. The minimum atomic E-state index is -0.443. The lowest BCUT2D eigenvalue weighted by Crippen LogP contribution is -2.14. The summed E-state index contributed by atoms with van der Waals surface area (Å²) in [5, 5.41) is 3.27. The van der Waals surface area contributed by atoms with Crippen LogP contribution in [-0.2, 0) is 11.2 Å². The van der Waals surface area contributed by atoms with Crippen molar-refractivity contribution in [2.24, 2.45) is 0 Å². The summed E-state index contributed by atoms with van der Waals surface area (Å²) < 4.78 is 15.4. The number of anilines is 1. The molecule has 134 valence electrons. The third kappa shape index (κ3) is 4.30. The van der Waals surface area contributed by atoms with Gasteiger partial charge in [0.1, 0.15) is 5.00 Å². The topological polar surface area (TPSA) is 73.9 Å². The van der Waals surface area contributed by atoms with Crippen molar-refractivity contribution in [2.45, 2.75) is 20.3 Å². The minimum Gasteiger partial charge on any atom is -0.493 e. The number of thiophene rings is 1. The number of carbonyl (C=O) groups is 2. The van der Waals surface area contributed by atoms with Crippen molar-refractivity contribution in [1.82, 2.24) is 0 Å². The fraction of sp³-hybridized carbons (Fsp3) is 0.333. The molecule has 0 bridgehead atoms. The first kappa shape index (κ1) is 18.8. The SMILES string of the molecule is CCOC(=O)c1cc(CC)sc1NC(=O)c1ccc(OC)c(OC)c1. The molecule has 7 heteroatoms. The van der Waals surface area contributed by atoms with E-state index in [0.29, 0.717) is 27.6 Å². The van der Waals surface area contributed by atoms with Crippen LogP contribution < -0.4 is 14.8 Å². The van der Waals surface area contributed by atoms with E-state index in [1.54, 1.807) is 31.2 Å². The first-order chi connectivity index (χ1) is 12.0. The van der Waals surface area contributed by atoms with Gasteiger partial charge in [-0.1, -0.05) is 6.92 Å². The molecule has 1 amide bonds. The van der Waals surface area contributed by atoms with E-state index in [1.165, 1.54) is 25.6 Å². The van der Waals surface area contributed by atoms with Crippen LogP contribution in [0.25, 0.3) is 0 Å². The Morgan fingerprint density at radius 3 is 2.40 bits per heavy atom. The number of benzene rings is 1. The molecular weight excluding hydrogens is 342 g/mol. The molecule has 0 spiro atoms. The highest BCUT2D eigenvalue weighted by Crippen LogP contribution is 2.31. The van der Waals surface area contributed by atoms with Crippen LogP contribution in [0.2, 0.25) is 0 Å². The Kier molecular flexibility index (Phi) is 6.41. The fourth-order valence-electron chi connectivity index (χ4n) is 2.22. The molecular formula is C18H21NO5S. The first-order valence-corrected chi connectivity index (χ1v) is 8.68. The number of carbonyl (C=O) groups excluding carboxylic acids is 2. The van der Waals surface area contributed by atoms with E-state index >= 15 is 0 Å². The number of esters is 1. The largest absolute Gasteiger partial charge is 0.493 e. The maximum absolute atomic E-state index is 12.6. The summed E-state index contributed by atoms with van der Waals surface area (Å²) in [7, 11) is 3.03. The second-order valence-corrected chi connectivity index (χ2v) is 6.19. The molecule has 25 heavy (non-hydrogen) atoms. The molecule has 2 aromatic rings. The van der Waals surface area contributed by atoms with E-state index in [1.807, 2.05) is 6.92 Å². The van der Waals surface area contributed by atoms with E-state index < -0.39 is 5.97 Å².